The fourth-order valence-corrected chi connectivity index (χ4v) is 5.38. The zero-order valence-corrected chi connectivity index (χ0v) is 21.0. The molecule has 0 spiro atoms. The molecule has 6 rings (SSSR count). The van der Waals surface area contributed by atoms with E-state index in [1.54, 1.807) is 0 Å². The van der Waals surface area contributed by atoms with Crippen molar-refractivity contribution in [1.82, 2.24) is 24.6 Å². The number of carbonyl (C=O) groups is 1. The molecule has 0 radical (unpaired) electrons. The first-order chi connectivity index (χ1) is 18.2. The van der Waals surface area contributed by atoms with Gasteiger partial charge in [-0.3, -0.25) is 9.36 Å². The maximum Gasteiger partial charge on any atom is 0.276 e. The molecule has 0 fully saturated rings. The molecule has 0 saturated heterocycles. The van der Waals surface area contributed by atoms with Gasteiger partial charge in [0.1, 0.15) is 12.1 Å². The van der Waals surface area contributed by atoms with Crippen LogP contribution in [-0.2, 0) is 25.1 Å². The van der Waals surface area contributed by atoms with Gasteiger partial charge >= 0.3 is 0 Å². The number of amides is 1. The van der Waals surface area contributed by atoms with Crippen LogP contribution in [0.2, 0.25) is 0 Å². The lowest BCUT2D eigenvalue weighted by Crippen LogP contribution is -2.36. The Labute approximate surface area is 219 Å². The van der Waals surface area contributed by atoms with E-state index < -0.39 is 0 Å². The van der Waals surface area contributed by atoms with Gasteiger partial charge in [0.2, 0.25) is 5.89 Å². The van der Waals surface area contributed by atoms with E-state index in [-0.39, 0.29) is 5.91 Å². The van der Waals surface area contributed by atoms with E-state index in [4.69, 9.17) is 4.42 Å². The van der Waals surface area contributed by atoms with Crippen LogP contribution in [0.3, 0.4) is 0 Å². The highest BCUT2D eigenvalue weighted by Gasteiger charge is 2.24. The summed E-state index contributed by atoms with van der Waals surface area (Å²) in [4.78, 5) is 19.4. The molecule has 2 aromatic heterocycles. The van der Waals surface area contributed by atoms with Crippen LogP contribution in [0.5, 0.6) is 0 Å². The number of benzene rings is 3. The quantitative estimate of drug-likeness (QED) is 0.277. The molecule has 0 bridgehead atoms. The van der Waals surface area contributed by atoms with Crippen LogP contribution >= 0.6 is 11.8 Å². The van der Waals surface area contributed by atoms with Gasteiger partial charge in [-0.2, -0.15) is 0 Å². The number of carbonyl (C=O) groups excluding carboxylic acids is 1. The summed E-state index contributed by atoms with van der Waals surface area (Å²) in [6, 6.07) is 28.6. The molecule has 184 valence electrons. The lowest BCUT2D eigenvalue weighted by atomic mass is 10.00. The monoisotopic (exact) mass is 507 g/mol. The van der Waals surface area contributed by atoms with Crippen molar-refractivity contribution >= 4 is 17.7 Å². The minimum absolute atomic E-state index is 0.105. The fourth-order valence-electron chi connectivity index (χ4n) is 4.56. The molecule has 0 unspecified atom stereocenters. The zero-order valence-electron chi connectivity index (χ0n) is 20.2. The van der Waals surface area contributed by atoms with E-state index in [1.807, 2.05) is 65.6 Å². The van der Waals surface area contributed by atoms with Gasteiger partial charge in [-0.15, -0.1) is 10.2 Å². The SMILES string of the molecule is O=C(c1coc(CSc2nnc(Cc3ccccc3)n2-c2ccccc2)n1)N1CCc2ccccc2C1. The number of thioether (sulfide) groups is 1. The molecule has 1 amide bonds. The average Bonchev–Trinajstić information content (AvgIpc) is 3.59. The van der Waals surface area contributed by atoms with Crippen LogP contribution in [0.15, 0.2) is 101 Å². The van der Waals surface area contributed by atoms with E-state index in [0.717, 1.165) is 23.1 Å². The zero-order chi connectivity index (χ0) is 25.0. The van der Waals surface area contributed by atoms with Gasteiger partial charge in [-0.25, -0.2) is 4.98 Å². The summed E-state index contributed by atoms with van der Waals surface area (Å²) in [5.74, 6) is 1.67. The first-order valence-electron chi connectivity index (χ1n) is 12.2. The minimum atomic E-state index is -0.105. The van der Waals surface area contributed by atoms with Gasteiger partial charge < -0.3 is 9.32 Å². The average molecular weight is 508 g/mol. The summed E-state index contributed by atoms with van der Waals surface area (Å²) in [6.45, 7) is 1.27. The summed E-state index contributed by atoms with van der Waals surface area (Å²) < 4.78 is 7.75. The summed E-state index contributed by atoms with van der Waals surface area (Å²) in [5.41, 5.74) is 4.99. The number of oxazole rings is 1. The lowest BCUT2D eigenvalue weighted by Gasteiger charge is -2.28. The highest BCUT2D eigenvalue weighted by Crippen LogP contribution is 2.27. The normalized spacial score (nSPS) is 12.9. The van der Waals surface area contributed by atoms with Crippen molar-refractivity contribution in [3.8, 4) is 5.69 Å². The first-order valence-corrected chi connectivity index (χ1v) is 13.2. The third kappa shape index (κ3) is 5.06. The maximum absolute atomic E-state index is 13.1. The van der Waals surface area contributed by atoms with Gasteiger partial charge in [0.15, 0.2) is 10.9 Å². The van der Waals surface area contributed by atoms with Gasteiger partial charge in [-0.05, 0) is 35.2 Å². The second-order valence-corrected chi connectivity index (χ2v) is 9.84. The van der Waals surface area contributed by atoms with E-state index in [0.29, 0.717) is 36.8 Å². The number of aromatic nitrogens is 4. The lowest BCUT2D eigenvalue weighted by molar-refractivity contribution is 0.0728. The van der Waals surface area contributed by atoms with Gasteiger partial charge in [0.05, 0.1) is 5.75 Å². The predicted octanol–water partition coefficient (Wildman–Crippen LogP) is 5.34. The number of hydrogen-bond acceptors (Lipinski definition) is 6. The molecular weight excluding hydrogens is 482 g/mol. The molecular formula is C29H25N5O2S. The summed E-state index contributed by atoms with van der Waals surface area (Å²) in [6.07, 6.45) is 2.98. The van der Waals surface area contributed by atoms with Crippen LogP contribution in [0.1, 0.15) is 38.9 Å². The summed E-state index contributed by atoms with van der Waals surface area (Å²) in [5, 5.41) is 9.71. The molecule has 0 N–H and O–H groups in total. The van der Waals surface area contributed by atoms with Crippen LogP contribution in [0.4, 0.5) is 0 Å². The Morgan fingerprint density at radius 3 is 2.43 bits per heavy atom. The Hall–Kier alpha value is -4.17. The number of para-hydroxylation sites is 1. The van der Waals surface area contributed by atoms with Gasteiger partial charge in [0.25, 0.3) is 5.91 Å². The third-order valence-electron chi connectivity index (χ3n) is 6.43. The number of rotatable bonds is 7. The third-order valence-corrected chi connectivity index (χ3v) is 7.35. The van der Waals surface area contributed by atoms with Crippen LogP contribution in [-0.4, -0.2) is 37.1 Å². The standard InChI is InChI=1S/C29H25N5O2S/c35-28(33-16-15-22-11-7-8-12-23(22)18-33)25-19-36-27(30-25)20-37-29-32-31-26(17-21-9-3-1-4-10-21)34(29)24-13-5-2-6-14-24/h1-14,19H,15-18,20H2. The predicted molar refractivity (Wildman–Crippen MR) is 142 cm³/mol. The second kappa shape index (κ2) is 10.4. The fraction of sp³-hybridized carbons (Fsp3) is 0.172. The minimum Gasteiger partial charge on any atom is -0.447 e. The molecule has 1 aliphatic heterocycles. The van der Waals surface area contributed by atoms with Crippen molar-refractivity contribution in [3.05, 3.63) is 125 Å². The summed E-state index contributed by atoms with van der Waals surface area (Å²) in [7, 11) is 0. The van der Waals surface area contributed by atoms with E-state index in [1.165, 1.54) is 34.7 Å². The molecule has 0 saturated carbocycles. The largest absolute Gasteiger partial charge is 0.447 e. The Kier molecular flexibility index (Phi) is 6.56. The van der Waals surface area contributed by atoms with Crippen molar-refractivity contribution in [2.75, 3.05) is 6.54 Å². The molecule has 7 nitrogen and oxygen atoms in total. The Balaban J connectivity index is 1.18. The molecule has 0 atom stereocenters. The van der Waals surface area contributed by atoms with Crippen LogP contribution < -0.4 is 0 Å². The van der Waals surface area contributed by atoms with Crippen molar-refractivity contribution in [2.45, 2.75) is 30.3 Å². The van der Waals surface area contributed by atoms with Crippen molar-refractivity contribution in [2.24, 2.45) is 0 Å². The number of hydrogen-bond donors (Lipinski definition) is 0. The maximum atomic E-state index is 13.1. The highest BCUT2D eigenvalue weighted by atomic mass is 32.2. The molecule has 5 aromatic rings. The topological polar surface area (TPSA) is 77.0 Å². The van der Waals surface area contributed by atoms with Crippen molar-refractivity contribution in [3.63, 3.8) is 0 Å². The molecule has 0 aliphatic carbocycles. The molecule has 8 heteroatoms. The molecule has 1 aliphatic rings. The first kappa shape index (κ1) is 23.2. The Morgan fingerprint density at radius 1 is 0.892 bits per heavy atom. The Bertz CT molecular complexity index is 1510. The number of nitrogens with zero attached hydrogens (tertiary/aromatic N) is 5. The van der Waals surface area contributed by atoms with E-state index in [9.17, 15) is 4.79 Å². The Morgan fingerprint density at radius 2 is 1.62 bits per heavy atom. The molecule has 3 heterocycles. The van der Waals surface area contributed by atoms with E-state index in [2.05, 4.69) is 44.0 Å². The van der Waals surface area contributed by atoms with Crippen molar-refractivity contribution < 1.29 is 9.21 Å². The highest BCUT2D eigenvalue weighted by molar-refractivity contribution is 7.98. The van der Waals surface area contributed by atoms with Gasteiger partial charge in [-0.1, -0.05) is 84.6 Å². The molecule has 37 heavy (non-hydrogen) atoms. The smallest absolute Gasteiger partial charge is 0.276 e. The van der Waals surface area contributed by atoms with Crippen LogP contribution in [0.25, 0.3) is 5.69 Å². The van der Waals surface area contributed by atoms with Crippen molar-refractivity contribution in [1.29, 1.82) is 0 Å². The second-order valence-electron chi connectivity index (χ2n) is 8.89. The number of fused-ring (bicyclic) bond motifs is 1. The van der Waals surface area contributed by atoms with Crippen LogP contribution in [0, 0.1) is 0 Å². The van der Waals surface area contributed by atoms with Gasteiger partial charge in [0, 0.05) is 25.2 Å². The summed E-state index contributed by atoms with van der Waals surface area (Å²) >= 11 is 1.49. The van der Waals surface area contributed by atoms with E-state index >= 15 is 0 Å². The molecule has 3 aromatic carbocycles.